The molecule has 0 bridgehead atoms. The van der Waals surface area contributed by atoms with Crippen LogP contribution in [0.5, 0.6) is 0 Å². The molecule has 2 nitrogen and oxygen atoms in total. The minimum atomic E-state index is -0.222. The summed E-state index contributed by atoms with van der Waals surface area (Å²) in [5.74, 6) is 0.0753. The topological polar surface area (TPSA) is 26.3 Å². The number of benzene rings is 1. The number of unbranched alkanes of at least 4 members (excludes halogenated alkanes) is 1. The minimum Gasteiger partial charge on any atom is -0.434 e. The van der Waals surface area contributed by atoms with Gasteiger partial charge >= 0.3 is 5.97 Å². The number of esters is 1. The highest BCUT2D eigenvalue weighted by molar-refractivity contribution is 5.73. The predicted molar refractivity (Wildman–Crippen MR) is 83.2 cm³/mol. The van der Waals surface area contributed by atoms with Crippen LogP contribution in [0, 0.1) is 5.92 Å². The van der Waals surface area contributed by atoms with E-state index in [9.17, 15) is 4.79 Å². The highest BCUT2D eigenvalue weighted by Crippen LogP contribution is 2.12. The van der Waals surface area contributed by atoms with Crippen molar-refractivity contribution < 1.29 is 9.53 Å². The monoisotopic (exact) mass is 272 g/mol. The number of rotatable bonds is 7. The van der Waals surface area contributed by atoms with E-state index < -0.39 is 0 Å². The molecule has 0 aliphatic rings. The lowest BCUT2D eigenvalue weighted by molar-refractivity contribution is -0.137. The third-order valence-corrected chi connectivity index (χ3v) is 3.17. The van der Waals surface area contributed by atoms with Crippen LogP contribution >= 0.6 is 0 Å². The molecule has 0 amide bonds. The molecule has 108 valence electrons. The van der Waals surface area contributed by atoms with Crippen LogP contribution in [0.1, 0.15) is 39.2 Å². The van der Waals surface area contributed by atoms with Gasteiger partial charge in [0.2, 0.25) is 0 Å². The Labute approximate surface area is 122 Å². The van der Waals surface area contributed by atoms with Crippen LogP contribution in [-0.2, 0) is 16.0 Å². The Morgan fingerprint density at radius 2 is 2.00 bits per heavy atom. The SMILES string of the molecule is CCC/C=C/C(C)/C(C)=C/OC(=O)Cc1ccccc1. The highest BCUT2D eigenvalue weighted by atomic mass is 16.5. The van der Waals surface area contributed by atoms with Crippen LogP contribution in [0.25, 0.3) is 0 Å². The number of ether oxygens (including phenoxy) is 1. The molecule has 0 saturated carbocycles. The molecule has 0 N–H and O–H groups in total. The second-order valence-corrected chi connectivity index (χ2v) is 5.02. The van der Waals surface area contributed by atoms with Gasteiger partial charge in [0.05, 0.1) is 12.7 Å². The molecule has 0 saturated heterocycles. The molecule has 0 heterocycles. The van der Waals surface area contributed by atoms with Gasteiger partial charge in [0.1, 0.15) is 0 Å². The average molecular weight is 272 g/mol. The van der Waals surface area contributed by atoms with E-state index in [0.717, 1.165) is 24.0 Å². The summed E-state index contributed by atoms with van der Waals surface area (Å²) in [5, 5.41) is 0. The van der Waals surface area contributed by atoms with Crippen LogP contribution in [0.3, 0.4) is 0 Å². The van der Waals surface area contributed by atoms with E-state index in [-0.39, 0.29) is 5.97 Å². The van der Waals surface area contributed by atoms with Gasteiger partial charge in [-0.3, -0.25) is 4.79 Å². The van der Waals surface area contributed by atoms with Crippen molar-refractivity contribution in [3.05, 3.63) is 59.9 Å². The normalized spacial score (nSPS) is 13.4. The van der Waals surface area contributed by atoms with Crippen LogP contribution in [0.15, 0.2) is 54.3 Å². The lowest BCUT2D eigenvalue weighted by Crippen LogP contribution is -2.05. The zero-order valence-corrected chi connectivity index (χ0v) is 12.6. The summed E-state index contributed by atoms with van der Waals surface area (Å²) >= 11 is 0. The maximum absolute atomic E-state index is 11.7. The molecule has 0 aliphatic carbocycles. The zero-order valence-electron chi connectivity index (χ0n) is 12.6. The van der Waals surface area contributed by atoms with E-state index in [4.69, 9.17) is 4.74 Å². The summed E-state index contributed by atoms with van der Waals surface area (Å²) in [6.07, 6.45) is 8.45. The Bertz CT molecular complexity index is 458. The van der Waals surface area contributed by atoms with Gasteiger partial charge in [0, 0.05) is 0 Å². The van der Waals surface area contributed by atoms with Gasteiger partial charge in [-0.15, -0.1) is 0 Å². The van der Waals surface area contributed by atoms with Crippen LogP contribution in [0.2, 0.25) is 0 Å². The van der Waals surface area contributed by atoms with Crippen molar-refractivity contribution >= 4 is 5.97 Å². The van der Waals surface area contributed by atoms with Crippen molar-refractivity contribution in [3.8, 4) is 0 Å². The minimum absolute atomic E-state index is 0.222. The van der Waals surface area contributed by atoms with Gasteiger partial charge in [0.15, 0.2) is 0 Å². The molecule has 0 fully saturated rings. The fraction of sp³-hybridized carbons (Fsp3) is 0.389. The van der Waals surface area contributed by atoms with Gasteiger partial charge in [-0.25, -0.2) is 0 Å². The Hall–Kier alpha value is -1.83. The summed E-state index contributed by atoms with van der Waals surface area (Å²) < 4.78 is 5.20. The molecule has 0 aromatic heterocycles. The fourth-order valence-corrected chi connectivity index (χ4v) is 1.69. The Balaban J connectivity index is 2.43. The van der Waals surface area contributed by atoms with E-state index in [1.54, 1.807) is 6.26 Å². The first-order valence-electron chi connectivity index (χ1n) is 7.20. The van der Waals surface area contributed by atoms with Crippen molar-refractivity contribution in [3.63, 3.8) is 0 Å². The molecule has 1 aromatic rings. The van der Waals surface area contributed by atoms with Gasteiger partial charge in [-0.05, 0) is 30.4 Å². The van der Waals surface area contributed by atoms with Gasteiger partial charge in [-0.2, -0.15) is 0 Å². The number of carbonyl (C=O) groups is 1. The highest BCUT2D eigenvalue weighted by Gasteiger charge is 2.05. The zero-order chi connectivity index (χ0) is 14.8. The Kier molecular flexibility index (Phi) is 7.41. The first-order chi connectivity index (χ1) is 9.63. The first kappa shape index (κ1) is 16.2. The molecular weight excluding hydrogens is 248 g/mol. The second kappa shape index (κ2) is 9.13. The quantitative estimate of drug-likeness (QED) is 0.409. The van der Waals surface area contributed by atoms with Crippen molar-refractivity contribution in [2.75, 3.05) is 0 Å². The second-order valence-electron chi connectivity index (χ2n) is 5.02. The molecule has 20 heavy (non-hydrogen) atoms. The summed E-state index contributed by atoms with van der Waals surface area (Å²) in [7, 11) is 0. The van der Waals surface area contributed by atoms with Crippen molar-refractivity contribution in [2.45, 2.75) is 40.0 Å². The van der Waals surface area contributed by atoms with Gasteiger partial charge < -0.3 is 4.74 Å². The lowest BCUT2D eigenvalue weighted by Gasteiger charge is -2.07. The van der Waals surface area contributed by atoms with Crippen molar-refractivity contribution in [1.29, 1.82) is 0 Å². The van der Waals surface area contributed by atoms with E-state index in [1.807, 2.05) is 37.3 Å². The maximum Gasteiger partial charge on any atom is 0.315 e. The molecule has 0 aliphatic heterocycles. The van der Waals surface area contributed by atoms with Crippen molar-refractivity contribution in [1.82, 2.24) is 0 Å². The molecule has 1 aromatic carbocycles. The fourth-order valence-electron chi connectivity index (χ4n) is 1.69. The average Bonchev–Trinajstić information content (AvgIpc) is 2.46. The Morgan fingerprint density at radius 1 is 1.30 bits per heavy atom. The summed E-state index contributed by atoms with van der Waals surface area (Å²) in [6, 6.07) is 9.62. The lowest BCUT2D eigenvalue weighted by atomic mass is 10.0. The number of hydrogen-bond acceptors (Lipinski definition) is 2. The molecule has 0 radical (unpaired) electrons. The smallest absolute Gasteiger partial charge is 0.315 e. The molecule has 1 unspecified atom stereocenters. The number of allylic oxidation sites excluding steroid dienone is 3. The predicted octanol–water partition coefficient (Wildman–Crippen LogP) is 4.67. The molecule has 0 spiro atoms. The summed E-state index contributed by atoms with van der Waals surface area (Å²) in [6.45, 7) is 6.24. The molecule has 2 heteroatoms. The van der Waals surface area contributed by atoms with E-state index >= 15 is 0 Å². The molecule has 1 rings (SSSR count). The molecular formula is C18H24O2. The van der Waals surface area contributed by atoms with E-state index in [0.29, 0.717) is 12.3 Å². The van der Waals surface area contributed by atoms with Crippen molar-refractivity contribution in [2.24, 2.45) is 5.92 Å². The van der Waals surface area contributed by atoms with E-state index in [2.05, 4.69) is 26.0 Å². The number of hydrogen-bond donors (Lipinski definition) is 0. The van der Waals surface area contributed by atoms with Crippen LogP contribution in [-0.4, -0.2) is 5.97 Å². The summed E-state index contributed by atoms with van der Waals surface area (Å²) in [4.78, 5) is 11.7. The van der Waals surface area contributed by atoms with Gasteiger partial charge in [-0.1, -0.05) is 62.8 Å². The van der Waals surface area contributed by atoms with E-state index in [1.165, 1.54) is 0 Å². The standard InChI is InChI=1S/C18H24O2/c1-4-5-7-10-15(2)16(3)14-20-18(19)13-17-11-8-6-9-12-17/h6-12,14-15H,4-5,13H2,1-3H3/b10-7+,16-14+. The van der Waals surface area contributed by atoms with Crippen LogP contribution < -0.4 is 0 Å². The van der Waals surface area contributed by atoms with Gasteiger partial charge in [0.25, 0.3) is 0 Å². The third-order valence-electron chi connectivity index (χ3n) is 3.17. The number of carbonyl (C=O) groups excluding carboxylic acids is 1. The maximum atomic E-state index is 11.7. The summed E-state index contributed by atoms with van der Waals surface area (Å²) in [5.41, 5.74) is 2.03. The molecule has 1 atom stereocenters. The van der Waals surface area contributed by atoms with Crippen LogP contribution in [0.4, 0.5) is 0 Å². The first-order valence-corrected chi connectivity index (χ1v) is 7.20. The Morgan fingerprint density at radius 3 is 2.65 bits per heavy atom. The largest absolute Gasteiger partial charge is 0.434 e. The third kappa shape index (κ3) is 6.37.